The third-order valence-electron chi connectivity index (χ3n) is 2.48. The number of nitrogens with zero attached hydrogens (tertiary/aromatic N) is 1. The topological polar surface area (TPSA) is 75.7 Å². The van der Waals surface area contributed by atoms with Crippen LogP contribution in [0.5, 0.6) is 0 Å². The molecular weight excluding hydrogens is 324 g/mol. The number of alkyl carbamates (subject to hydrolysis) is 1. The SMILES string of the molecule is CC(C)(C)OC(=O)NC1CCN(S(=O)(=O)Br)CC1. The Hall–Kier alpha value is -0.340. The predicted octanol–water partition coefficient (Wildman–Crippen LogP) is 1.62. The van der Waals surface area contributed by atoms with Crippen molar-refractivity contribution in [3.8, 4) is 0 Å². The van der Waals surface area contributed by atoms with Crippen molar-refractivity contribution in [2.24, 2.45) is 0 Å². The molecule has 0 aromatic carbocycles. The van der Waals surface area contributed by atoms with Crippen molar-refractivity contribution in [3.05, 3.63) is 0 Å². The maximum atomic E-state index is 11.5. The molecule has 0 saturated carbocycles. The standard InChI is InChI=1S/C10H19BrN2O4S/c1-10(2,3)17-9(14)12-8-4-6-13(7-5-8)18(11,15)16/h8H,4-7H2,1-3H3,(H,12,14). The second-order valence-corrected chi connectivity index (χ2v) is 9.06. The largest absolute Gasteiger partial charge is 0.444 e. The molecule has 0 aliphatic carbocycles. The van der Waals surface area contributed by atoms with E-state index >= 15 is 0 Å². The second-order valence-electron chi connectivity index (χ2n) is 5.26. The molecule has 8 heteroatoms. The lowest BCUT2D eigenvalue weighted by Crippen LogP contribution is -2.46. The summed E-state index contributed by atoms with van der Waals surface area (Å²) in [5.41, 5.74) is -0.524. The molecular formula is C10H19BrN2O4S. The summed E-state index contributed by atoms with van der Waals surface area (Å²) in [6, 6.07) is -0.0367. The third kappa shape index (κ3) is 5.53. The molecule has 1 fully saturated rings. The molecule has 18 heavy (non-hydrogen) atoms. The Morgan fingerprint density at radius 1 is 1.33 bits per heavy atom. The fourth-order valence-corrected chi connectivity index (χ4v) is 3.21. The lowest BCUT2D eigenvalue weighted by atomic mass is 10.1. The summed E-state index contributed by atoms with van der Waals surface area (Å²) in [7, 11) is -3.30. The molecule has 0 aromatic rings. The van der Waals surface area contributed by atoms with Crippen LogP contribution in [0.25, 0.3) is 0 Å². The van der Waals surface area contributed by atoms with Gasteiger partial charge in [0, 0.05) is 19.1 Å². The number of ether oxygens (including phenoxy) is 1. The number of nitrogens with one attached hydrogen (secondary N) is 1. The van der Waals surface area contributed by atoms with E-state index in [1.165, 1.54) is 4.31 Å². The van der Waals surface area contributed by atoms with Gasteiger partial charge in [0.2, 0.25) is 0 Å². The Balaban J connectivity index is 2.38. The molecule has 1 saturated heterocycles. The molecule has 0 aromatic heterocycles. The summed E-state index contributed by atoms with van der Waals surface area (Å²) in [4.78, 5) is 11.5. The van der Waals surface area contributed by atoms with E-state index in [9.17, 15) is 13.2 Å². The average Bonchev–Trinajstić information content (AvgIpc) is 2.13. The third-order valence-corrected chi connectivity index (χ3v) is 4.69. The van der Waals surface area contributed by atoms with Gasteiger partial charge in [-0.3, -0.25) is 0 Å². The van der Waals surface area contributed by atoms with E-state index in [0.29, 0.717) is 25.9 Å². The summed E-state index contributed by atoms with van der Waals surface area (Å²) in [5.74, 6) is 0. The van der Waals surface area contributed by atoms with Gasteiger partial charge >= 0.3 is 6.09 Å². The molecule has 0 radical (unpaired) electrons. The summed E-state index contributed by atoms with van der Waals surface area (Å²) in [6.07, 6.45) is 0.719. The molecule has 1 aliphatic heterocycles. The van der Waals surface area contributed by atoms with Crippen molar-refractivity contribution < 1.29 is 17.9 Å². The van der Waals surface area contributed by atoms with Crippen molar-refractivity contribution in [1.82, 2.24) is 9.62 Å². The fourth-order valence-electron chi connectivity index (χ4n) is 1.69. The van der Waals surface area contributed by atoms with Crippen LogP contribution in [0.3, 0.4) is 0 Å². The zero-order chi connectivity index (χ0) is 14.0. The Labute approximate surface area is 115 Å². The highest BCUT2D eigenvalue weighted by Crippen LogP contribution is 2.18. The maximum Gasteiger partial charge on any atom is 0.407 e. The van der Waals surface area contributed by atoms with Gasteiger partial charge in [-0.25, -0.2) is 13.2 Å². The van der Waals surface area contributed by atoms with Crippen LogP contribution in [0.4, 0.5) is 4.79 Å². The monoisotopic (exact) mass is 342 g/mol. The van der Waals surface area contributed by atoms with Gasteiger partial charge in [-0.2, -0.15) is 4.31 Å². The highest BCUT2D eigenvalue weighted by atomic mass is 79.9. The van der Waals surface area contributed by atoms with E-state index in [-0.39, 0.29) is 6.04 Å². The Bertz CT molecular complexity index is 397. The quantitative estimate of drug-likeness (QED) is 0.773. The minimum absolute atomic E-state index is 0.0367. The summed E-state index contributed by atoms with van der Waals surface area (Å²) >= 11 is 2.64. The van der Waals surface area contributed by atoms with Crippen LogP contribution >= 0.6 is 14.8 Å². The molecule has 0 bridgehead atoms. The van der Waals surface area contributed by atoms with E-state index in [4.69, 9.17) is 4.74 Å². The Kier molecular flexibility index (Phi) is 5.02. The molecule has 0 unspecified atom stereocenters. The highest BCUT2D eigenvalue weighted by molar-refractivity contribution is 9.47. The van der Waals surface area contributed by atoms with E-state index < -0.39 is 20.2 Å². The van der Waals surface area contributed by atoms with Gasteiger partial charge in [-0.05, 0) is 33.6 Å². The number of carbonyl (C=O) groups excluding carboxylic acids is 1. The van der Waals surface area contributed by atoms with Crippen LogP contribution in [0.2, 0.25) is 0 Å². The smallest absolute Gasteiger partial charge is 0.407 e. The summed E-state index contributed by atoms with van der Waals surface area (Å²) in [6.45, 7) is 6.19. The van der Waals surface area contributed by atoms with Crippen LogP contribution in [-0.2, 0) is 13.2 Å². The summed E-state index contributed by atoms with van der Waals surface area (Å²) < 4.78 is 29.0. The first kappa shape index (κ1) is 15.7. The molecule has 1 rings (SSSR count). The van der Waals surface area contributed by atoms with Crippen molar-refractivity contribution in [2.75, 3.05) is 13.1 Å². The molecule has 1 amide bonds. The molecule has 1 heterocycles. The average molecular weight is 343 g/mol. The molecule has 106 valence electrons. The van der Waals surface area contributed by atoms with Gasteiger partial charge in [-0.1, -0.05) is 0 Å². The number of rotatable bonds is 2. The molecule has 1 N–H and O–H groups in total. The van der Waals surface area contributed by atoms with Crippen molar-refractivity contribution in [2.45, 2.75) is 45.3 Å². The number of hydrogen-bond donors (Lipinski definition) is 1. The Morgan fingerprint density at radius 2 is 1.83 bits per heavy atom. The van der Waals surface area contributed by atoms with Crippen LogP contribution in [-0.4, -0.2) is 43.5 Å². The summed E-state index contributed by atoms with van der Waals surface area (Å²) in [5, 5.41) is 2.75. The van der Waals surface area contributed by atoms with Crippen molar-refractivity contribution in [1.29, 1.82) is 0 Å². The number of carbonyl (C=O) groups is 1. The first-order chi connectivity index (χ1) is 8.08. The Morgan fingerprint density at radius 3 is 2.22 bits per heavy atom. The van der Waals surface area contributed by atoms with E-state index in [1.807, 2.05) is 0 Å². The van der Waals surface area contributed by atoms with E-state index in [1.54, 1.807) is 20.8 Å². The normalized spacial score (nSPS) is 19.6. The number of amides is 1. The minimum atomic E-state index is -3.30. The zero-order valence-electron chi connectivity index (χ0n) is 10.8. The first-order valence-corrected chi connectivity index (χ1v) is 9.05. The number of hydrogen-bond acceptors (Lipinski definition) is 4. The minimum Gasteiger partial charge on any atom is -0.444 e. The van der Waals surface area contributed by atoms with Crippen LogP contribution in [0.15, 0.2) is 0 Å². The van der Waals surface area contributed by atoms with Crippen molar-refractivity contribution >= 4 is 29.4 Å². The molecule has 1 aliphatic rings. The predicted molar refractivity (Wildman–Crippen MR) is 71.8 cm³/mol. The molecule has 6 nitrogen and oxygen atoms in total. The van der Waals surface area contributed by atoms with Gasteiger partial charge in [0.1, 0.15) is 5.60 Å². The van der Waals surface area contributed by atoms with Gasteiger partial charge in [0.05, 0.1) is 14.8 Å². The number of piperidine rings is 1. The lowest BCUT2D eigenvalue weighted by Gasteiger charge is -2.30. The van der Waals surface area contributed by atoms with Crippen LogP contribution in [0.1, 0.15) is 33.6 Å². The van der Waals surface area contributed by atoms with Crippen LogP contribution in [0, 0.1) is 0 Å². The van der Waals surface area contributed by atoms with Crippen LogP contribution < -0.4 is 5.32 Å². The van der Waals surface area contributed by atoms with Gasteiger partial charge < -0.3 is 10.1 Å². The van der Waals surface area contributed by atoms with Gasteiger partial charge in [-0.15, -0.1) is 0 Å². The zero-order valence-corrected chi connectivity index (χ0v) is 13.2. The van der Waals surface area contributed by atoms with E-state index in [0.717, 1.165) is 0 Å². The van der Waals surface area contributed by atoms with Gasteiger partial charge in [0.15, 0.2) is 0 Å². The van der Waals surface area contributed by atoms with Gasteiger partial charge in [0.25, 0.3) is 8.46 Å². The van der Waals surface area contributed by atoms with Crippen molar-refractivity contribution in [3.63, 3.8) is 0 Å². The highest BCUT2D eigenvalue weighted by Gasteiger charge is 2.27. The second kappa shape index (κ2) is 5.75. The molecule has 0 atom stereocenters. The number of halogens is 1. The van der Waals surface area contributed by atoms with E-state index in [2.05, 4.69) is 20.1 Å². The lowest BCUT2D eigenvalue weighted by molar-refractivity contribution is 0.0490. The maximum absolute atomic E-state index is 11.5. The molecule has 0 spiro atoms. The fraction of sp³-hybridized carbons (Fsp3) is 0.900. The first-order valence-electron chi connectivity index (χ1n) is 5.77.